The Kier molecular flexibility index (Phi) is 2.40. The highest BCUT2D eigenvalue weighted by atomic mass is 32.2. The Morgan fingerprint density at radius 2 is 1.91 bits per heavy atom. The molecule has 0 saturated carbocycles. The summed E-state index contributed by atoms with van der Waals surface area (Å²) in [7, 11) is -0.949. The van der Waals surface area contributed by atoms with Gasteiger partial charge in [0.05, 0.1) is 11.6 Å². The molecule has 56 valence electrons. The molecular weight excluding hydrogens is 158 g/mol. The van der Waals surface area contributed by atoms with E-state index in [2.05, 4.69) is 0 Å². The van der Waals surface area contributed by atoms with E-state index in [-0.39, 0.29) is 0 Å². The summed E-state index contributed by atoms with van der Waals surface area (Å²) in [6.07, 6.45) is 1.61. The average Bonchev–Trinajstić information content (AvgIpc) is 2.05. The molecule has 3 heteroatoms. The maximum Gasteiger partial charge on any atom is 0.0991 e. The van der Waals surface area contributed by atoms with E-state index in [1.165, 1.54) is 0 Å². The Morgan fingerprint density at radius 1 is 1.36 bits per heavy atom. The molecule has 11 heavy (non-hydrogen) atoms. The molecule has 2 nitrogen and oxygen atoms in total. The summed E-state index contributed by atoms with van der Waals surface area (Å²) in [5.41, 5.74) is 0.596. The second-order valence-corrected chi connectivity index (χ2v) is 3.47. The second-order valence-electron chi connectivity index (χ2n) is 2.09. The summed E-state index contributed by atoms with van der Waals surface area (Å²) in [5, 5.41) is 8.44. The smallest absolute Gasteiger partial charge is 0.0991 e. The van der Waals surface area contributed by atoms with Crippen LogP contribution in [0.1, 0.15) is 5.56 Å². The van der Waals surface area contributed by atoms with E-state index < -0.39 is 10.8 Å². The van der Waals surface area contributed by atoms with E-state index in [0.29, 0.717) is 5.56 Å². The van der Waals surface area contributed by atoms with Crippen LogP contribution in [-0.4, -0.2) is 10.5 Å². The van der Waals surface area contributed by atoms with Crippen LogP contribution in [0.15, 0.2) is 29.2 Å². The van der Waals surface area contributed by atoms with E-state index in [4.69, 9.17) is 5.26 Å². The first-order valence-corrected chi connectivity index (χ1v) is 4.63. The minimum atomic E-state index is -0.949. The molecule has 0 bridgehead atoms. The number of nitrogens with zero attached hydrogens (tertiary/aromatic N) is 1. The molecule has 1 rings (SSSR count). The Morgan fingerprint density at radius 3 is 2.27 bits per heavy atom. The Bertz CT molecular complexity index is 310. The van der Waals surface area contributed by atoms with E-state index in [1.54, 1.807) is 30.5 Å². The van der Waals surface area contributed by atoms with E-state index in [0.717, 1.165) is 4.90 Å². The first-order chi connectivity index (χ1) is 5.24. The molecule has 0 aromatic heterocycles. The zero-order chi connectivity index (χ0) is 8.27. The highest BCUT2D eigenvalue weighted by molar-refractivity contribution is 7.84. The van der Waals surface area contributed by atoms with Gasteiger partial charge < -0.3 is 0 Å². The Balaban J connectivity index is 3.03. The van der Waals surface area contributed by atoms with Gasteiger partial charge in [0.1, 0.15) is 0 Å². The lowest BCUT2D eigenvalue weighted by Crippen LogP contribution is -1.86. The molecule has 0 fully saturated rings. The molecule has 0 aliphatic rings. The predicted molar refractivity (Wildman–Crippen MR) is 43.5 cm³/mol. The van der Waals surface area contributed by atoms with Crippen molar-refractivity contribution in [2.45, 2.75) is 4.90 Å². The van der Waals surface area contributed by atoms with E-state index in [1.807, 2.05) is 6.07 Å². The molecule has 0 spiro atoms. The van der Waals surface area contributed by atoms with Gasteiger partial charge in [0.25, 0.3) is 0 Å². The van der Waals surface area contributed by atoms with Gasteiger partial charge in [-0.1, -0.05) is 0 Å². The van der Waals surface area contributed by atoms with Crippen LogP contribution in [-0.2, 0) is 10.8 Å². The second kappa shape index (κ2) is 3.31. The standard InChI is InChI=1S/C8H7NOS/c1-11(10)8-4-2-7(6-9)3-5-8/h2-5H,1H3/t11-/m0/s1. The summed E-state index contributed by atoms with van der Waals surface area (Å²) in [4.78, 5) is 0.754. The lowest BCUT2D eigenvalue weighted by Gasteiger charge is -1.93. The van der Waals surface area contributed by atoms with Crippen molar-refractivity contribution >= 4 is 10.8 Å². The largest absolute Gasteiger partial charge is 0.255 e. The fourth-order valence-electron chi connectivity index (χ4n) is 0.721. The third kappa shape index (κ3) is 1.89. The molecule has 0 radical (unpaired) electrons. The molecule has 1 aromatic carbocycles. The summed E-state index contributed by atoms with van der Waals surface area (Å²) in [6, 6.07) is 8.73. The lowest BCUT2D eigenvalue weighted by molar-refractivity contribution is 0.687. The SMILES string of the molecule is C[S@](=O)c1ccc(C#N)cc1. The molecule has 0 N–H and O–H groups in total. The summed E-state index contributed by atoms with van der Waals surface area (Å²) in [6.45, 7) is 0. The van der Waals surface area contributed by atoms with E-state index >= 15 is 0 Å². The van der Waals surface area contributed by atoms with Crippen LogP contribution >= 0.6 is 0 Å². The molecule has 0 aliphatic carbocycles. The minimum absolute atomic E-state index is 0.596. The molecule has 0 saturated heterocycles. The molecule has 0 amide bonds. The van der Waals surface area contributed by atoms with Gasteiger partial charge in [0, 0.05) is 22.0 Å². The highest BCUT2D eigenvalue weighted by Crippen LogP contribution is 2.05. The molecular formula is C8H7NOS. The van der Waals surface area contributed by atoms with Crippen molar-refractivity contribution in [1.29, 1.82) is 5.26 Å². The van der Waals surface area contributed by atoms with Crippen molar-refractivity contribution in [2.75, 3.05) is 6.26 Å². The van der Waals surface area contributed by atoms with Gasteiger partial charge in [-0.05, 0) is 24.3 Å². The molecule has 1 aromatic rings. The minimum Gasteiger partial charge on any atom is -0.255 e. The van der Waals surface area contributed by atoms with Gasteiger partial charge >= 0.3 is 0 Å². The lowest BCUT2D eigenvalue weighted by atomic mass is 10.2. The average molecular weight is 165 g/mol. The fraction of sp³-hybridized carbons (Fsp3) is 0.125. The van der Waals surface area contributed by atoms with Crippen LogP contribution in [0.4, 0.5) is 0 Å². The zero-order valence-corrected chi connectivity index (χ0v) is 6.89. The number of benzene rings is 1. The predicted octanol–water partition coefficient (Wildman–Crippen LogP) is 1.30. The van der Waals surface area contributed by atoms with Crippen molar-refractivity contribution < 1.29 is 4.21 Å². The monoisotopic (exact) mass is 165 g/mol. The molecule has 0 unspecified atom stereocenters. The normalized spacial score (nSPS) is 12.0. The number of hydrogen-bond donors (Lipinski definition) is 0. The first-order valence-electron chi connectivity index (χ1n) is 3.07. The van der Waals surface area contributed by atoms with Gasteiger partial charge in [-0.25, -0.2) is 0 Å². The third-order valence-corrected chi connectivity index (χ3v) is 2.25. The highest BCUT2D eigenvalue weighted by Gasteiger charge is 1.95. The van der Waals surface area contributed by atoms with Crippen LogP contribution in [0.5, 0.6) is 0 Å². The molecule has 0 aliphatic heterocycles. The zero-order valence-electron chi connectivity index (χ0n) is 6.07. The van der Waals surface area contributed by atoms with Crippen molar-refractivity contribution in [3.63, 3.8) is 0 Å². The Hall–Kier alpha value is -1.14. The van der Waals surface area contributed by atoms with Gasteiger partial charge in [-0.2, -0.15) is 5.26 Å². The maximum absolute atomic E-state index is 10.9. The van der Waals surface area contributed by atoms with Gasteiger partial charge in [-0.3, -0.25) is 4.21 Å². The fourth-order valence-corrected chi connectivity index (χ4v) is 1.24. The van der Waals surface area contributed by atoms with Crippen molar-refractivity contribution in [2.24, 2.45) is 0 Å². The van der Waals surface area contributed by atoms with Gasteiger partial charge in [-0.15, -0.1) is 0 Å². The number of nitriles is 1. The molecule has 0 heterocycles. The summed E-state index contributed by atoms with van der Waals surface area (Å²) < 4.78 is 10.9. The van der Waals surface area contributed by atoms with Crippen molar-refractivity contribution in [3.05, 3.63) is 29.8 Å². The number of rotatable bonds is 1. The van der Waals surface area contributed by atoms with Gasteiger partial charge in [0.2, 0.25) is 0 Å². The van der Waals surface area contributed by atoms with Crippen LogP contribution in [0, 0.1) is 11.3 Å². The van der Waals surface area contributed by atoms with Gasteiger partial charge in [0.15, 0.2) is 0 Å². The quantitative estimate of drug-likeness (QED) is 0.629. The van der Waals surface area contributed by atoms with Crippen LogP contribution in [0.25, 0.3) is 0 Å². The van der Waals surface area contributed by atoms with Crippen LogP contribution < -0.4 is 0 Å². The summed E-state index contributed by atoms with van der Waals surface area (Å²) in [5.74, 6) is 0. The first kappa shape index (κ1) is 7.96. The number of hydrogen-bond acceptors (Lipinski definition) is 2. The van der Waals surface area contributed by atoms with Crippen LogP contribution in [0.2, 0.25) is 0 Å². The Labute approximate surface area is 67.9 Å². The topological polar surface area (TPSA) is 40.9 Å². The third-order valence-electron chi connectivity index (χ3n) is 1.32. The van der Waals surface area contributed by atoms with E-state index in [9.17, 15) is 4.21 Å². The summed E-state index contributed by atoms with van der Waals surface area (Å²) >= 11 is 0. The van der Waals surface area contributed by atoms with Crippen molar-refractivity contribution in [1.82, 2.24) is 0 Å². The van der Waals surface area contributed by atoms with Crippen molar-refractivity contribution in [3.8, 4) is 6.07 Å². The van der Waals surface area contributed by atoms with Crippen LogP contribution in [0.3, 0.4) is 0 Å². The molecule has 1 atom stereocenters. The maximum atomic E-state index is 10.9.